The van der Waals surface area contributed by atoms with Gasteiger partial charge in [0.05, 0.1) is 18.7 Å². The predicted octanol–water partition coefficient (Wildman–Crippen LogP) is 0.293. The molecule has 0 aromatic carbocycles. The van der Waals surface area contributed by atoms with Gasteiger partial charge < -0.3 is 14.4 Å². The van der Waals surface area contributed by atoms with E-state index in [9.17, 15) is 4.79 Å². The number of fused-ring (bicyclic) bond motifs is 1. The summed E-state index contributed by atoms with van der Waals surface area (Å²) in [5.74, 6) is -0.865. The second kappa shape index (κ2) is 3.08. The van der Waals surface area contributed by atoms with Crippen LogP contribution in [0, 0.1) is 0 Å². The van der Waals surface area contributed by atoms with Gasteiger partial charge in [0, 0.05) is 12.7 Å². The minimum atomic E-state index is -0.865. The normalized spacial score (nSPS) is 14.8. The summed E-state index contributed by atoms with van der Waals surface area (Å²) >= 11 is 0. The number of rotatable bonds is 2. The number of hydrogen-bond donors (Lipinski definition) is 1. The second-order valence-electron chi connectivity index (χ2n) is 2.98. The standard InChI is InChI=1S/C8H10N2O3/c11-7(12)4-6-5-10-2-1-3-13-8(10)9-6/h5H,1-4H2,(H,11,12). The number of aryl methyl sites for hydroxylation is 1. The van der Waals surface area contributed by atoms with Crippen LogP contribution in [0.25, 0.3) is 0 Å². The summed E-state index contributed by atoms with van der Waals surface area (Å²) in [5.41, 5.74) is 0.560. The largest absolute Gasteiger partial charge is 0.481 e. The monoisotopic (exact) mass is 182 g/mol. The Labute approximate surface area is 75.0 Å². The van der Waals surface area contributed by atoms with Gasteiger partial charge in [-0.05, 0) is 6.42 Å². The number of carboxylic acid groups (broad SMARTS) is 1. The maximum Gasteiger partial charge on any atom is 0.309 e. The van der Waals surface area contributed by atoms with E-state index in [4.69, 9.17) is 9.84 Å². The summed E-state index contributed by atoms with van der Waals surface area (Å²) in [4.78, 5) is 14.4. The molecular formula is C8H10N2O3. The molecule has 5 nitrogen and oxygen atoms in total. The molecule has 0 saturated carbocycles. The zero-order valence-electron chi connectivity index (χ0n) is 7.06. The fraction of sp³-hybridized carbons (Fsp3) is 0.500. The zero-order chi connectivity index (χ0) is 9.26. The molecule has 1 aromatic rings. The van der Waals surface area contributed by atoms with Crippen molar-refractivity contribution in [1.29, 1.82) is 0 Å². The van der Waals surface area contributed by atoms with Crippen molar-refractivity contribution in [2.45, 2.75) is 19.4 Å². The fourth-order valence-electron chi connectivity index (χ4n) is 1.36. The number of aromatic nitrogens is 2. The van der Waals surface area contributed by atoms with E-state index in [1.807, 2.05) is 4.57 Å². The predicted molar refractivity (Wildman–Crippen MR) is 43.7 cm³/mol. The number of carbonyl (C=O) groups is 1. The first-order valence-corrected chi connectivity index (χ1v) is 4.16. The fourth-order valence-corrected chi connectivity index (χ4v) is 1.36. The van der Waals surface area contributed by atoms with Crippen LogP contribution in [0.15, 0.2) is 6.20 Å². The SMILES string of the molecule is O=C(O)Cc1cn2c(n1)OCCC2. The number of carboxylic acids is 1. The summed E-state index contributed by atoms with van der Waals surface area (Å²) in [5, 5.41) is 8.54. The lowest BCUT2D eigenvalue weighted by molar-refractivity contribution is -0.136. The van der Waals surface area contributed by atoms with Gasteiger partial charge in [0.25, 0.3) is 6.01 Å². The van der Waals surface area contributed by atoms with Gasteiger partial charge in [-0.25, -0.2) is 0 Å². The summed E-state index contributed by atoms with van der Waals surface area (Å²) in [7, 11) is 0. The lowest BCUT2D eigenvalue weighted by atomic mass is 10.3. The highest BCUT2D eigenvalue weighted by atomic mass is 16.5. The van der Waals surface area contributed by atoms with E-state index in [1.165, 1.54) is 0 Å². The first-order chi connectivity index (χ1) is 6.25. The molecule has 1 aliphatic heterocycles. The molecule has 70 valence electrons. The van der Waals surface area contributed by atoms with Crippen LogP contribution in [0.3, 0.4) is 0 Å². The molecule has 0 spiro atoms. The van der Waals surface area contributed by atoms with E-state index in [1.54, 1.807) is 6.20 Å². The Hall–Kier alpha value is -1.52. The van der Waals surface area contributed by atoms with Gasteiger partial charge in [0.1, 0.15) is 0 Å². The summed E-state index contributed by atoms with van der Waals surface area (Å²) in [6, 6.07) is 0.544. The smallest absolute Gasteiger partial charge is 0.309 e. The van der Waals surface area contributed by atoms with Crippen LogP contribution in [0.5, 0.6) is 6.01 Å². The van der Waals surface area contributed by atoms with Gasteiger partial charge in [-0.3, -0.25) is 4.79 Å². The van der Waals surface area contributed by atoms with Crippen molar-refractivity contribution in [2.75, 3.05) is 6.61 Å². The molecule has 0 atom stereocenters. The van der Waals surface area contributed by atoms with Crippen LogP contribution in [0.1, 0.15) is 12.1 Å². The van der Waals surface area contributed by atoms with E-state index in [0.717, 1.165) is 13.0 Å². The van der Waals surface area contributed by atoms with Crippen molar-refractivity contribution in [3.05, 3.63) is 11.9 Å². The highest BCUT2D eigenvalue weighted by Gasteiger charge is 2.14. The molecule has 13 heavy (non-hydrogen) atoms. The molecule has 1 aromatic heterocycles. The Morgan fingerprint density at radius 3 is 3.31 bits per heavy atom. The van der Waals surface area contributed by atoms with Crippen molar-refractivity contribution < 1.29 is 14.6 Å². The van der Waals surface area contributed by atoms with Crippen molar-refractivity contribution in [3.63, 3.8) is 0 Å². The second-order valence-corrected chi connectivity index (χ2v) is 2.98. The number of hydrogen-bond acceptors (Lipinski definition) is 3. The average Bonchev–Trinajstić information content (AvgIpc) is 2.44. The molecule has 0 bridgehead atoms. The third-order valence-corrected chi connectivity index (χ3v) is 1.90. The molecule has 0 radical (unpaired) electrons. The van der Waals surface area contributed by atoms with Gasteiger partial charge in [-0.15, -0.1) is 0 Å². The first-order valence-electron chi connectivity index (χ1n) is 4.16. The van der Waals surface area contributed by atoms with Crippen LogP contribution in [-0.2, 0) is 17.8 Å². The lowest BCUT2D eigenvalue weighted by Gasteiger charge is -2.13. The van der Waals surface area contributed by atoms with Crippen LogP contribution in [0.2, 0.25) is 0 Å². The molecule has 0 aliphatic carbocycles. The minimum Gasteiger partial charge on any atom is -0.481 e. The summed E-state index contributed by atoms with van der Waals surface area (Å²) in [6.07, 6.45) is 2.65. The molecule has 1 N–H and O–H groups in total. The number of aliphatic carboxylic acids is 1. The quantitative estimate of drug-likeness (QED) is 0.714. The van der Waals surface area contributed by atoms with Crippen molar-refractivity contribution >= 4 is 5.97 Å². The molecule has 0 saturated heterocycles. The molecule has 0 unspecified atom stereocenters. The van der Waals surface area contributed by atoms with Crippen LogP contribution in [0.4, 0.5) is 0 Å². The van der Waals surface area contributed by atoms with E-state index in [-0.39, 0.29) is 6.42 Å². The first kappa shape index (κ1) is 8.10. The number of imidazole rings is 1. The van der Waals surface area contributed by atoms with Gasteiger partial charge in [0.2, 0.25) is 0 Å². The van der Waals surface area contributed by atoms with Crippen molar-refractivity contribution in [1.82, 2.24) is 9.55 Å². The molecule has 0 amide bonds. The Morgan fingerprint density at radius 1 is 1.77 bits per heavy atom. The molecule has 5 heteroatoms. The number of nitrogens with zero attached hydrogens (tertiary/aromatic N) is 2. The molecule has 0 fully saturated rings. The maximum absolute atomic E-state index is 10.4. The van der Waals surface area contributed by atoms with Gasteiger partial charge in [0.15, 0.2) is 0 Å². The Kier molecular flexibility index (Phi) is 1.92. The van der Waals surface area contributed by atoms with E-state index in [2.05, 4.69) is 4.98 Å². The third kappa shape index (κ3) is 1.63. The molecule has 1 aliphatic rings. The van der Waals surface area contributed by atoms with Crippen molar-refractivity contribution in [3.8, 4) is 6.01 Å². The van der Waals surface area contributed by atoms with Crippen molar-refractivity contribution in [2.24, 2.45) is 0 Å². The highest BCUT2D eigenvalue weighted by molar-refractivity contribution is 5.69. The van der Waals surface area contributed by atoms with Crippen LogP contribution >= 0.6 is 0 Å². The van der Waals surface area contributed by atoms with E-state index < -0.39 is 5.97 Å². The Balaban J connectivity index is 2.20. The average molecular weight is 182 g/mol. The highest BCUT2D eigenvalue weighted by Crippen LogP contribution is 2.16. The molecule has 2 rings (SSSR count). The minimum absolute atomic E-state index is 0.0383. The Bertz CT molecular complexity index is 309. The van der Waals surface area contributed by atoms with Crippen LogP contribution in [-0.4, -0.2) is 27.2 Å². The van der Waals surface area contributed by atoms with E-state index in [0.29, 0.717) is 18.3 Å². The zero-order valence-corrected chi connectivity index (χ0v) is 7.06. The van der Waals surface area contributed by atoms with Gasteiger partial charge in [-0.2, -0.15) is 4.98 Å². The third-order valence-electron chi connectivity index (χ3n) is 1.90. The summed E-state index contributed by atoms with van der Waals surface area (Å²) < 4.78 is 7.09. The topological polar surface area (TPSA) is 64.3 Å². The summed E-state index contributed by atoms with van der Waals surface area (Å²) in [6.45, 7) is 1.53. The van der Waals surface area contributed by atoms with Gasteiger partial charge in [-0.1, -0.05) is 0 Å². The maximum atomic E-state index is 10.4. The van der Waals surface area contributed by atoms with Crippen LogP contribution < -0.4 is 4.74 Å². The molecule has 2 heterocycles. The van der Waals surface area contributed by atoms with E-state index >= 15 is 0 Å². The Morgan fingerprint density at radius 2 is 2.62 bits per heavy atom. The molecular weight excluding hydrogens is 172 g/mol. The number of ether oxygens (including phenoxy) is 1. The lowest BCUT2D eigenvalue weighted by Crippen LogP contribution is -2.13. The van der Waals surface area contributed by atoms with Gasteiger partial charge >= 0.3 is 5.97 Å².